The summed E-state index contributed by atoms with van der Waals surface area (Å²) in [6.45, 7) is 1.77. The maximum absolute atomic E-state index is 12.2. The van der Waals surface area contributed by atoms with Crippen LogP contribution in [0.15, 0.2) is 17.2 Å². The van der Waals surface area contributed by atoms with E-state index >= 15 is 0 Å². The first kappa shape index (κ1) is 15.0. The van der Waals surface area contributed by atoms with E-state index in [0.717, 1.165) is 31.6 Å². The Kier molecular flexibility index (Phi) is 4.63. The molecule has 1 aromatic rings. The van der Waals surface area contributed by atoms with E-state index in [4.69, 9.17) is 4.74 Å². The molecule has 1 saturated heterocycles. The minimum atomic E-state index is -3.45. The molecule has 0 spiro atoms. The van der Waals surface area contributed by atoms with Gasteiger partial charge in [-0.05, 0) is 38.2 Å². The summed E-state index contributed by atoms with van der Waals surface area (Å²) in [5.74, 6) is 0. The number of nitrogens with one attached hydrogen (secondary N) is 3. The molecule has 2 aliphatic rings. The van der Waals surface area contributed by atoms with E-state index in [9.17, 15) is 8.42 Å². The summed E-state index contributed by atoms with van der Waals surface area (Å²) in [4.78, 5) is 3.32. The molecule has 1 atom stereocenters. The highest BCUT2D eigenvalue weighted by Gasteiger charge is 2.22. The Bertz CT molecular complexity index is 560. The molecule has 7 heteroatoms. The zero-order chi connectivity index (χ0) is 14.7. The van der Waals surface area contributed by atoms with Gasteiger partial charge in [-0.25, -0.2) is 13.1 Å². The summed E-state index contributed by atoms with van der Waals surface area (Å²) < 4.78 is 32.6. The van der Waals surface area contributed by atoms with Gasteiger partial charge in [-0.2, -0.15) is 0 Å². The Morgan fingerprint density at radius 2 is 2.14 bits per heavy atom. The number of rotatable bonds is 7. The van der Waals surface area contributed by atoms with Gasteiger partial charge in [-0.1, -0.05) is 0 Å². The number of sulfonamides is 1. The van der Waals surface area contributed by atoms with Gasteiger partial charge in [0.15, 0.2) is 0 Å². The molecular weight excluding hydrogens is 290 g/mol. The molecule has 0 amide bonds. The highest BCUT2D eigenvalue weighted by molar-refractivity contribution is 7.89. The van der Waals surface area contributed by atoms with Crippen molar-refractivity contribution in [1.29, 1.82) is 0 Å². The fraction of sp³-hybridized carbons (Fsp3) is 0.714. The zero-order valence-electron chi connectivity index (χ0n) is 12.1. The van der Waals surface area contributed by atoms with E-state index < -0.39 is 10.0 Å². The van der Waals surface area contributed by atoms with Gasteiger partial charge in [0.25, 0.3) is 0 Å². The molecular formula is C14H23N3O3S. The van der Waals surface area contributed by atoms with Crippen LogP contribution in [-0.4, -0.2) is 38.7 Å². The third kappa shape index (κ3) is 4.29. The minimum absolute atomic E-state index is 0.00321. The maximum Gasteiger partial charge on any atom is 0.242 e. The van der Waals surface area contributed by atoms with E-state index in [1.54, 1.807) is 12.3 Å². The highest BCUT2D eigenvalue weighted by Crippen LogP contribution is 2.20. The van der Waals surface area contributed by atoms with Gasteiger partial charge in [0.05, 0.1) is 11.0 Å². The number of H-pyrrole nitrogens is 1. The standard InChI is InChI=1S/C14H23N3O3S/c18-21(19,17-9-13-3-1-2-6-20-13)14-7-12(16-10-14)8-15-11-4-5-11/h7,10-11,13,15-17H,1-6,8-9H2. The van der Waals surface area contributed by atoms with Crippen molar-refractivity contribution in [3.05, 3.63) is 18.0 Å². The Balaban J connectivity index is 1.53. The molecule has 1 aliphatic carbocycles. The molecule has 3 N–H and O–H groups in total. The van der Waals surface area contributed by atoms with Gasteiger partial charge < -0.3 is 15.0 Å². The lowest BCUT2D eigenvalue weighted by Gasteiger charge is -2.22. The monoisotopic (exact) mass is 313 g/mol. The first-order valence-electron chi connectivity index (χ1n) is 7.65. The van der Waals surface area contributed by atoms with Gasteiger partial charge in [0, 0.05) is 37.6 Å². The van der Waals surface area contributed by atoms with Crippen LogP contribution >= 0.6 is 0 Å². The summed E-state index contributed by atoms with van der Waals surface area (Å²) >= 11 is 0. The average Bonchev–Trinajstić information content (AvgIpc) is 3.20. The average molecular weight is 313 g/mol. The van der Waals surface area contributed by atoms with Crippen LogP contribution in [0, 0.1) is 0 Å². The SMILES string of the molecule is O=S(=O)(NCC1CCCCO1)c1c[nH]c(CNC2CC2)c1. The fourth-order valence-corrected chi connectivity index (χ4v) is 3.56. The Morgan fingerprint density at radius 3 is 2.86 bits per heavy atom. The van der Waals surface area contributed by atoms with Crippen LogP contribution in [0.5, 0.6) is 0 Å². The quantitative estimate of drug-likeness (QED) is 0.704. The first-order chi connectivity index (χ1) is 10.1. The van der Waals surface area contributed by atoms with E-state index in [2.05, 4.69) is 15.0 Å². The van der Waals surface area contributed by atoms with Crippen molar-refractivity contribution in [2.75, 3.05) is 13.2 Å². The Labute approximate surface area is 125 Å². The van der Waals surface area contributed by atoms with Crippen molar-refractivity contribution >= 4 is 10.0 Å². The lowest BCUT2D eigenvalue weighted by atomic mass is 10.1. The van der Waals surface area contributed by atoms with Crippen LogP contribution < -0.4 is 10.0 Å². The van der Waals surface area contributed by atoms with Crippen LogP contribution in [0.2, 0.25) is 0 Å². The van der Waals surface area contributed by atoms with Gasteiger partial charge in [0.2, 0.25) is 10.0 Å². The van der Waals surface area contributed by atoms with E-state index in [0.29, 0.717) is 24.0 Å². The van der Waals surface area contributed by atoms with Crippen molar-refractivity contribution in [3.8, 4) is 0 Å². The van der Waals surface area contributed by atoms with Gasteiger partial charge in [0.1, 0.15) is 0 Å². The van der Waals surface area contributed by atoms with Gasteiger partial charge in [-0.3, -0.25) is 0 Å². The molecule has 1 saturated carbocycles. The number of aromatic amines is 1. The fourth-order valence-electron chi connectivity index (χ4n) is 2.47. The van der Waals surface area contributed by atoms with Crippen molar-refractivity contribution < 1.29 is 13.2 Å². The lowest BCUT2D eigenvalue weighted by Crippen LogP contribution is -2.35. The minimum Gasteiger partial charge on any atom is -0.377 e. The predicted molar refractivity (Wildman–Crippen MR) is 79.4 cm³/mol. The maximum atomic E-state index is 12.2. The van der Waals surface area contributed by atoms with E-state index in [-0.39, 0.29) is 6.10 Å². The van der Waals surface area contributed by atoms with Gasteiger partial charge in [-0.15, -0.1) is 0 Å². The van der Waals surface area contributed by atoms with E-state index in [1.807, 2.05) is 0 Å². The summed E-state index contributed by atoms with van der Waals surface area (Å²) in [7, 11) is -3.45. The van der Waals surface area contributed by atoms with Crippen molar-refractivity contribution in [1.82, 2.24) is 15.0 Å². The van der Waals surface area contributed by atoms with Crippen LogP contribution in [0.1, 0.15) is 37.8 Å². The second-order valence-corrected chi connectivity index (χ2v) is 7.62. The molecule has 118 valence electrons. The zero-order valence-corrected chi connectivity index (χ0v) is 12.9. The smallest absolute Gasteiger partial charge is 0.242 e. The summed E-state index contributed by atoms with van der Waals surface area (Å²) in [6, 6.07) is 2.30. The summed E-state index contributed by atoms with van der Waals surface area (Å²) in [6.07, 6.45) is 7.08. The largest absolute Gasteiger partial charge is 0.377 e. The number of aromatic nitrogens is 1. The van der Waals surface area contributed by atoms with Crippen molar-refractivity contribution in [3.63, 3.8) is 0 Å². The predicted octanol–water partition coefficient (Wildman–Crippen LogP) is 1.11. The molecule has 0 radical (unpaired) electrons. The molecule has 6 nitrogen and oxygen atoms in total. The number of hydrogen-bond donors (Lipinski definition) is 3. The first-order valence-corrected chi connectivity index (χ1v) is 9.14. The van der Waals surface area contributed by atoms with Crippen LogP contribution in [0.25, 0.3) is 0 Å². The topological polar surface area (TPSA) is 83.2 Å². The molecule has 2 fully saturated rings. The van der Waals surface area contributed by atoms with Crippen LogP contribution in [0.4, 0.5) is 0 Å². The molecule has 1 aliphatic heterocycles. The number of hydrogen-bond acceptors (Lipinski definition) is 4. The summed E-state index contributed by atoms with van der Waals surface area (Å²) in [5.41, 5.74) is 0.899. The van der Waals surface area contributed by atoms with Crippen molar-refractivity contribution in [2.24, 2.45) is 0 Å². The van der Waals surface area contributed by atoms with Gasteiger partial charge >= 0.3 is 0 Å². The normalized spacial score (nSPS) is 23.3. The van der Waals surface area contributed by atoms with Crippen LogP contribution in [0.3, 0.4) is 0 Å². The van der Waals surface area contributed by atoms with Crippen molar-refractivity contribution in [2.45, 2.75) is 55.7 Å². The molecule has 21 heavy (non-hydrogen) atoms. The second-order valence-electron chi connectivity index (χ2n) is 5.86. The highest BCUT2D eigenvalue weighted by atomic mass is 32.2. The Morgan fingerprint density at radius 1 is 1.29 bits per heavy atom. The molecule has 1 aromatic heterocycles. The molecule has 1 unspecified atom stereocenters. The van der Waals surface area contributed by atoms with Crippen LogP contribution in [-0.2, 0) is 21.3 Å². The third-order valence-corrected chi connectivity index (χ3v) is 5.36. The second kappa shape index (κ2) is 6.48. The lowest BCUT2D eigenvalue weighted by molar-refractivity contribution is 0.0200. The Hall–Kier alpha value is -0.890. The van der Waals surface area contributed by atoms with E-state index in [1.165, 1.54) is 12.8 Å². The molecule has 2 heterocycles. The number of ether oxygens (including phenoxy) is 1. The molecule has 0 bridgehead atoms. The molecule has 3 rings (SSSR count). The molecule has 0 aromatic carbocycles. The third-order valence-electron chi connectivity index (χ3n) is 3.96. The summed E-state index contributed by atoms with van der Waals surface area (Å²) in [5, 5.41) is 3.35.